The Hall–Kier alpha value is -3.21. The minimum absolute atomic E-state index is 0.233. The molecule has 0 aliphatic rings. The fourth-order valence-corrected chi connectivity index (χ4v) is 2.74. The van der Waals surface area contributed by atoms with Crippen LogP contribution >= 0.6 is 0 Å². The van der Waals surface area contributed by atoms with E-state index in [0.29, 0.717) is 24.1 Å². The minimum atomic E-state index is -0.256. The monoisotopic (exact) mass is 363 g/mol. The fraction of sp³-hybridized carbons (Fsp3) is 0.182. The van der Waals surface area contributed by atoms with Crippen LogP contribution in [0.1, 0.15) is 28.4 Å². The average Bonchev–Trinajstić information content (AvgIpc) is 2.70. The molecule has 27 heavy (non-hydrogen) atoms. The van der Waals surface area contributed by atoms with Crippen molar-refractivity contribution in [1.29, 1.82) is 0 Å². The third-order valence-corrected chi connectivity index (χ3v) is 4.29. The molecule has 0 saturated heterocycles. The molecule has 1 amide bonds. The van der Waals surface area contributed by atoms with Crippen molar-refractivity contribution in [3.8, 4) is 0 Å². The van der Waals surface area contributed by atoms with Gasteiger partial charge in [-0.1, -0.05) is 37.3 Å². The third-order valence-electron chi connectivity index (χ3n) is 4.29. The molecule has 2 aromatic carbocycles. The molecule has 1 heterocycles. The lowest BCUT2D eigenvalue weighted by Gasteiger charge is -2.09. The second kappa shape index (κ2) is 8.94. The Balaban J connectivity index is 1.58. The van der Waals surface area contributed by atoms with Crippen LogP contribution in [0.15, 0.2) is 67.0 Å². The zero-order chi connectivity index (χ0) is 19.1. The van der Waals surface area contributed by atoms with Gasteiger partial charge in [-0.2, -0.15) is 0 Å². The van der Waals surface area contributed by atoms with Gasteiger partial charge in [-0.05, 0) is 48.2 Å². The Morgan fingerprint density at radius 2 is 1.81 bits per heavy atom. The molecule has 4 nitrogen and oxygen atoms in total. The van der Waals surface area contributed by atoms with E-state index in [2.05, 4.69) is 34.7 Å². The van der Waals surface area contributed by atoms with Gasteiger partial charge in [-0.15, -0.1) is 0 Å². The van der Waals surface area contributed by atoms with Crippen molar-refractivity contribution in [2.75, 3.05) is 11.9 Å². The summed E-state index contributed by atoms with van der Waals surface area (Å²) in [6.07, 6.45) is 4.62. The van der Waals surface area contributed by atoms with Crippen LogP contribution in [-0.2, 0) is 12.8 Å². The molecule has 3 rings (SSSR count). The summed E-state index contributed by atoms with van der Waals surface area (Å²) in [6.45, 7) is 2.47. The number of aryl methyl sites for hydroxylation is 1. The lowest BCUT2D eigenvalue weighted by molar-refractivity contribution is 0.0953. The molecule has 0 saturated carbocycles. The Kier molecular flexibility index (Phi) is 6.15. The molecule has 0 atom stereocenters. The number of amides is 1. The molecule has 3 aromatic rings. The number of nitrogens with zero attached hydrogens (tertiary/aromatic N) is 1. The number of carbonyl (C=O) groups excluding carboxylic acids is 1. The van der Waals surface area contributed by atoms with Crippen molar-refractivity contribution in [2.45, 2.75) is 19.8 Å². The number of anilines is 2. The molecule has 0 spiro atoms. The van der Waals surface area contributed by atoms with E-state index in [9.17, 15) is 9.18 Å². The first-order valence-electron chi connectivity index (χ1n) is 8.98. The van der Waals surface area contributed by atoms with Gasteiger partial charge in [0, 0.05) is 18.4 Å². The van der Waals surface area contributed by atoms with E-state index in [1.807, 2.05) is 12.1 Å². The van der Waals surface area contributed by atoms with Crippen molar-refractivity contribution >= 4 is 17.3 Å². The molecule has 0 aliphatic carbocycles. The van der Waals surface area contributed by atoms with Crippen LogP contribution in [0.2, 0.25) is 0 Å². The Morgan fingerprint density at radius 3 is 2.56 bits per heavy atom. The zero-order valence-corrected chi connectivity index (χ0v) is 15.2. The Labute approximate surface area is 158 Å². The van der Waals surface area contributed by atoms with Crippen LogP contribution in [-0.4, -0.2) is 17.4 Å². The lowest BCUT2D eigenvalue weighted by atomic mass is 10.1. The molecule has 0 aliphatic heterocycles. The highest BCUT2D eigenvalue weighted by molar-refractivity contribution is 5.94. The molecule has 138 valence electrons. The van der Waals surface area contributed by atoms with E-state index < -0.39 is 0 Å². The number of benzene rings is 2. The van der Waals surface area contributed by atoms with Gasteiger partial charge < -0.3 is 10.6 Å². The van der Waals surface area contributed by atoms with Gasteiger partial charge >= 0.3 is 0 Å². The summed E-state index contributed by atoms with van der Waals surface area (Å²) in [5, 5.41) is 6.06. The first-order valence-corrected chi connectivity index (χ1v) is 8.98. The summed E-state index contributed by atoms with van der Waals surface area (Å²) in [6, 6.07) is 16.5. The van der Waals surface area contributed by atoms with Gasteiger partial charge in [0.1, 0.15) is 5.82 Å². The van der Waals surface area contributed by atoms with Crippen LogP contribution in [0.3, 0.4) is 0 Å². The minimum Gasteiger partial charge on any atom is -0.354 e. The first kappa shape index (κ1) is 18.6. The molecule has 0 bridgehead atoms. The van der Waals surface area contributed by atoms with Crippen molar-refractivity contribution < 1.29 is 9.18 Å². The summed E-state index contributed by atoms with van der Waals surface area (Å²) >= 11 is 0. The largest absolute Gasteiger partial charge is 0.354 e. The Morgan fingerprint density at radius 1 is 1.04 bits per heavy atom. The summed E-state index contributed by atoms with van der Waals surface area (Å²) in [4.78, 5) is 16.5. The van der Waals surface area contributed by atoms with E-state index in [-0.39, 0.29) is 11.7 Å². The number of carbonyl (C=O) groups is 1. The fourth-order valence-electron chi connectivity index (χ4n) is 2.74. The topological polar surface area (TPSA) is 54.0 Å². The summed E-state index contributed by atoms with van der Waals surface area (Å²) in [7, 11) is 0. The van der Waals surface area contributed by atoms with Gasteiger partial charge in [0.05, 0.1) is 17.4 Å². The number of hydrogen-bond acceptors (Lipinski definition) is 3. The van der Waals surface area contributed by atoms with Crippen LogP contribution in [0.25, 0.3) is 0 Å². The highest BCUT2D eigenvalue weighted by Crippen LogP contribution is 2.17. The first-order chi connectivity index (χ1) is 13.2. The standard InChI is InChI=1S/C22H22FN3O/c1-2-16-7-9-19(10-8-16)26-20-13-18(14-24-15-20)22(27)25-12-11-17-5-3-4-6-21(17)23/h3-10,13-15,26H,2,11-12H2,1H3,(H,25,27). The van der Waals surface area contributed by atoms with Crippen molar-refractivity contribution in [1.82, 2.24) is 10.3 Å². The molecule has 1 aromatic heterocycles. The predicted octanol–water partition coefficient (Wildman–Crippen LogP) is 4.50. The maximum absolute atomic E-state index is 13.6. The predicted molar refractivity (Wildman–Crippen MR) is 106 cm³/mol. The van der Waals surface area contributed by atoms with Crippen molar-refractivity contribution in [3.05, 3.63) is 89.5 Å². The van der Waals surface area contributed by atoms with Crippen LogP contribution in [0, 0.1) is 5.82 Å². The van der Waals surface area contributed by atoms with Crippen LogP contribution in [0.4, 0.5) is 15.8 Å². The molecule has 0 radical (unpaired) electrons. The smallest absolute Gasteiger partial charge is 0.252 e. The van der Waals surface area contributed by atoms with Gasteiger partial charge in [-0.25, -0.2) is 4.39 Å². The highest BCUT2D eigenvalue weighted by Gasteiger charge is 2.08. The van der Waals surface area contributed by atoms with Gasteiger partial charge in [0.25, 0.3) is 5.91 Å². The summed E-state index contributed by atoms with van der Waals surface area (Å²) < 4.78 is 13.6. The summed E-state index contributed by atoms with van der Waals surface area (Å²) in [5.41, 5.74) is 3.98. The lowest BCUT2D eigenvalue weighted by Crippen LogP contribution is -2.26. The number of rotatable bonds is 7. The maximum atomic E-state index is 13.6. The van der Waals surface area contributed by atoms with E-state index in [4.69, 9.17) is 0 Å². The second-order valence-electron chi connectivity index (χ2n) is 6.24. The molecule has 5 heteroatoms. The van der Waals surface area contributed by atoms with Crippen molar-refractivity contribution in [2.24, 2.45) is 0 Å². The second-order valence-corrected chi connectivity index (χ2v) is 6.24. The van der Waals surface area contributed by atoms with E-state index >= 15 is 0 Å². The van der Waals surface area contributed by atoms with Gasteiger partial charge in [-0.3, -0.25) is 9.78 Å². The van der Waals surface area contributed by atoms with E-state index in [0.717, 1.165) is 17.8 Å². The van der Waals surface area contributed by atoms with Crippen LogP contribution < -0.4 is 10.6 Å². The summed E-state index contributed by atoms with van der Waals surface area (Å²) in [5.74, 6) is -0.488. The molecule has 2 N–H and O–H groups in total. The third kappa shape index (κ3) is 5.14. The SMILES string of the molecule is CCc1ccc(Nc2cncc(C(=O)NCCc3ccccc3F)c2)cc1. The van der Waals surface area contributed by atoms with Crippen LogP contribution in [0.5, 0.6) is 0 Å². The number of aromatic nitrogens is 1. The quantitative estimate of drug-likeness (QED) is 0.650. The average molecular weight is 363 g/mol. The maximum Gasteiger partial charge on any atom is 0.252 e. The molecular formula is C22H22FN3O. The van der Waals surface area contributed by atoms with Gasteiger partial charge in [0.15, 0.2) is 0 Å². The zero-order valence-electron chi connectivity index (χ0n) is 15.2. The van der Waals surface area contributed by atoms with E-state index in [1.165, 1.54) is 17.8 Å². The number of hydrogen-bond donors (Lipinski definition) is 2. The Bertz CT molecular complexity index is 909. The molecular weight excluding hydrogens is 341 g/mol. The molecule has 0 unspecified atom stereocenters. The number of nitrogens with one attached hydrogen (secondary N) is 2. The highest BCUT2D eigenvalue weighted by atomic mass is 19.1. The molecule has 0 fully saturated rings. The normalized spacial score (nSPS) is 10.4. The number of halogens is 1. The van der Waals surface area contributed by atoms with Crippen molar-refractivity contribution in [3.63, 3.8) is 0 Å². The number of pyridine rings is 1. The van der Waals surface area contributed by atoms with E-state index in [1.54, 1.807) is 30.5 Å². The van der Waals surface area contributed by atoms with Gasteiger partial charge in [0.2, 0.25) is 0 Å².